The first-order chi connectivity index (χ1) is 10.9. The summed E-state index contributed by atoms with van der Waals surface area (Å²) in [5.74, 6) is 0. The van der Waals surface area contributed by atoms with Crippen molar-refractivity contribution in [1.29, 1.82) is 0 Å². The van der Waals surface area contributed by atoms with E-state index in [1.54, 1.807) is 18.2 Å². The van der Waals surface area contributed by atoms with Gasteiger partial charge in [0.05, 0.1) is 18.1 Å². The lowest BCUT2D eigenvalue weighted by molar-refractivity contribution is 0.217. The molecule has 0 spiro atoms. The van der Waals surface area contributed by atoms with Crippen molar-refractivity contribution < 1.29 is 18.6 Å². The summed E-state index contributed by atoms with van der Waals surface area (Å²) in [6, 6.07) is 10.7. The highest BCUT2D eigenvalue weighted by Gasteiger charge is 2.25. The van der Waals surface area contributed by atoms with Gasteiger partial charge in [-0.1, -0.05) is 24.3 Å². The molecule has 0 atom stereocenters. The zero-order valence-corrected chi connectivity index (χ0v) is 14.1. The highest BCUT2D eigenvalue weighted by molar-refractivity contribution is 7.89. The van der Waals surface area contributed by atoms with Crippen LogP contribution in [0.1, 0.15) is 0 Å². The highest BCUT2D eigenvalue weighted by atomic mass is 32.2. The second-order valence-electron chi connectivity index (χ2n) is 5.37. The summed E-state index contributed by atoms with van der Waals surface area (Å²) in [4.78, 5) is 2.11. The van der Waals surface area contributed by atoms with Crippen LogP contribution < -0.4 is 4.90 Å². The lowest BCUT2D eigenvalue weighted by Crippen LogP contribution is -2.36. The Hall–Kier alpha value is -1.67. The summed E-state index contributed by atoms with van der Waals surface area (Å²) < 4.78 is 26.9. The van der Waals surface area contributed by atoms with Crippen molar-refractivity contribution in [3.63, 3.8) is 0 Å². The van der Waals surface area contributed by atoms with Gasteiger partial charge in [-0.3, -0.25) is 0 Å². The Morgan fingerprint density at radius 3 is 2.04 bits per heavy atom. The predicted octanol–water partition coefficient (Wildman–Crippen LogP) is 0.881. The van der Waals surface area contributed by atoms with Crippen LogP contribution in [-0.4, -0.2) is 63.3 Å². The molecular formula is C16H22N2O4S. The first-order valence-corrected chi connectivity index (χ1v) is 8.78. The molecule has 0 radical (unpaired) electrons. The standard InChI is InChI=1S/C16H22N2O4S/c1-17(2)15-7-3-6-14-13(15)5-4-8-16(14)23(21,22)18(9-11-19)10-12-20/h3-8,19-20H,9-12H2,1-2H3. The van der Waals surface area contributed by atoms with Gasteiger partial charge in [-0.25, -0.2) is 8.42 Å². The molecule has 0 aromatic heterocycles. The van der Waals surface area contributed by atoms with Crippen LogP contribution in [0, 0.1) is 0 Å². The van der Waals surface area contributed by atoms with Crippen LogP contribution >= 0.6 is 0 Å². The summed E-state index contributed by atoms with van der Waals surface area (Å²) >= 11 is 0. The Morgan fingerprint density at radius 2 is 1.48 bits per heavy atom. The average molecular weight is 338 g/mol. The van der Waals surface area contributed by atoms with Gasteiger partial charge in [0.25, 0.3) is 0 Å². The zero-order chi connectivity index (χ0) is 17.0. The molecule has 0 fully saturated rings. The second kappa shape index (κ2) is 7.27. The number of aliphatic hydroxyl groups is 2. The van der Waals surface area contributed by atoms with Crippen molar-refractivity contribution in [3.8, 4) is 0 Å². The number of nitrogens with zero attached hydrogens (tertiary/aromatic N) is 2. The van der Waals surface area contributed by atoms with E-state index in [-0.39, 0.29) is 31.2 Å². The van der Waals surface area contributed by atoms with Crippen molar-refractivity contribution >= 4 is 26.5 Å². The fourth-order valence-electron chi connectivity index (χ4n) is 2.59. The number of hydrogen-bond acceptors (Lipinski definition) is 5. The van der Waals surface area contributed by atoms with E-state index in [9.17, 15) is 8.42 Å². The fourth-order valence-corrected chi connectivity index (χ4v) is 4.22. The largest absolute Gasteiger partial charge is 0.395 e. The summed E-state index contributed by atoms with van der Waals surface area (Å²) in [7, 11) is 0.00549. The van der Waals surface area contributed by atoms with Crippen LogP contribution in [-0.2, 0) is 10.0 Å². The number of sulfonamides is 1. The van der Waals surface area contributed by atoms with Gasteiger partial charge in [0.15, 0.2) is 0 Å². The van der Waals surface area contributed by atoms with E-state index in [4.69, 9.17) is 10.2 Å². The molecule has 7 heteroatoms. The number of rotatable bonds is 7. The molecule has 0 aliphatic rings. The minimum Gasteiger partial charge on any atom is -0.395 e. The number of fused-ring (bicyclic) bond motifs is 1. The maximum Gasteiger partial charge on any atom is 0.243 e. The third-order valence-corrected chi connectivity index (χ3v) is 5.61. The quantitative estimate of drug-likeness (QED) is 0.783. The smallest absolute Gasteiger partial charge is 0.243 e. The summed E-state index contributed by atoms with van der Waals surface area (Å²) in [6.07, 6.45) is 0. The second-order valence-corrected chi connectivity index (χ2v) is 7.28. The molecular weight excluding hydrogens is 316 g/mol. The van der Waals surface area contributed by atoms with Gasteiger partial charge in [0.2, 0.25) is 10.0 Å². The van der Waals surface area contributed by atoms with Gasteiger partial charge in [-0.2, -0.15) is 4.31 Å². The summed E-state index contributed by atoms with van der Waals surface area (Å²) in [5.41, 5.74) is 0.926. The lowest BCUT2D eigenvalue weighted by Gasteiger charge is -2.22. The molecule has 0 bridgehead atoms. The number of hydrogen-bond donors (Lipinski definition) is 2. The molecule has 6 nitrogen and oxygen atoms in total. The van der Waals surface area contributed by atoms with Gasteiger partial charge in [-0.05, 0) is 12.1 Å². The van der Waals surface area contributed by atoms with Gasteiger partial charge in [-0.15, -0.1) is 0 Å². The predicted molar refractivity (Wildman–Crippen MR) is 91.2 cm³/mol. The van der Waals surface area contributed by atoms with Crippen LogP contribution in [0.5, 0.6) is 0 Å². The van der Waals surface area contributed by atoms with Crippen molar-refractivity contribution in [1.82, 2.24) is 4.31 Å². The molecule has 2 N–H and O–H groups in total. The normalized spacial score (nSPS) is 12.0. The number of anilines is 1. The Bertz CT molecular complexity index is 769. The number of aliphatic hydroxyl groups excluding tert-OH is 2. The van der Waals surface area contributed by atoms with Crippen molar-refractivity contribution in [2.24, 2.45) is 0 Å². The third kappa shape index (κ3) is 3.48. The number of benzene rings is 2. The molecule has 0 amide bonds. The Kier molecular flexibility index (Phi) is 5.59. The topological polar surface area (TPSA) is 81.1 Å². The molecule has 0 saturated carbocycles. The molecule has 126 valence electrons. The van der Waals surface area contributed by atoms with Crippen LogP contribution in [0.4, 0.5) is 5.69 Å². The van der Waals surface area contributed by atoms with E-state index >= 15 is 0 Å². The Balaban J connectivity index is 2.65. The zero-order valence-electron chi connectivity index (χ0n) is 13.3. The average Bonchev–Trinajstić information content (AvgIpc) is 2.53. The van der Waals surface area contributed by atoms with E-state index in [1.165, 1.54) is 0 Å². The van der Waals surface area contributed by atoms with E-state index in [1.807, 2.05) is 37.2 Å². The molecule has 0 aliphatic carbocycles. The van der Waals surface area contributed by atoms with Gasteiger partial charge < -0.3 is 15.1 Å². The van der Waals surface area contributed by atoms with E-state index in [2.05, 4.69) is 0 Å². The molecule has 0 unspecified atom stereocenters. The molecule has 2 aromatic carbocycles. The first kappa shape index (κ1) is 17.7. The van der Waals surface area contributed by atoms with E-state index in [0.717, 1.165) is 15.4 Å². The van der Waals surface area contributed by atoms with Crippen molar-refractivity contribution in [3.05, 3.63) is 36.4 Å². The van der Waals surface area contributed by atoms with E-state index < -0.39 is 10.0 Å². The first-order valence-electron chi connectivity index (χ1n) is 7.34. The summed E-state index contributed by atoms with van der Waals surface area (Å²) in [6.45, 7) is -0.695. The molecule has 23 heavy (non-hydrogen) atoms. The Labute approximate surface area is 136 Å². The van der Waals surface area contributed by atoms with Crippen molar-refractivity contribution in [2.45, 2.75) is 4.90 Å². The van der Waals surface area contributed by atoms with E-state index in [0.29, 0.717) is 5.39 Å². The van der Waals surface area contributed by atoms with Gasteiger partial charge in [0.1, 0.15) is 0 Å². The minimum absolute atomic E-state index is 0.0490. The van der Waals surface area contributed by atoms with Gasteiger partial charge >= 0.3 is 0 Å². The maximum absolute atomic E-state index is 12.9. The lowest BCUT2D eigenvalue weighted by atomic mass is 10.1. The monoisotopic (exact) mass is 338 g/mol. The third-order valence-electron chi connectivity index (χ3n) is 3.66. The van der Waals surface area contributed by atoms with Crippen LogP contribution in [0.3, 0.4) is 0 Å². The molecule has 0 aliphatic heterocycles. The molecule has 2 aromatic rings. The highest BCUT2D eigenvalue weighted by Crippen LogP contribution is 2.31. The SMILES string of the molecule is CN(C)c1cccc2c(S(=O)(=O)N(CCO)CCO)cccc12. The van der Waals surface area contributed by atoms with Crippen LogP contribution in [0.25, 0.3) is 10.8 Å². The van der Waals surface area contributed by atoms with Crippen LogP contribution in [0.2, 0.25) is 0 Å². The maximum atomic E-state index is 12.9. The molecule has 0 saturated heterocycles. The van der Waals surface area contributed by atoms with Crippen LogP contribution in [0.15, 0.2) is 41.3 Å². The molecule has 0 heterocycles. The Morgan fingerprint density at radius 1 is 0.913 bits per heavy atom. The van der Waals surface area contributed by atoms with Gasteiger partial charge in [0, 0.05) is 43.6 Å². The summed E-state index contributed by atoms with van der Waals surface area (Å²) in [5, 5.41) is 19.7. The molecule has 2 rings (SSSR count). The minimum atomic E-state index is -3.80. The fraction of sp³-hybridized carbons (Fsp3) is 0.375. The van der Waals surface area contributed by atoms with Crippen molar-refractivity contribution in [2.75, 3.05) is 45.3 Å².